The normalized spacial score (nSPS) is 12.4. The van der Waals surface area contributed by atoms with Gasteiger partial charge >= 0.3 is 0 Å². The minimum Gasteiger partial charge on any atom is -0.402 e. The number of hydrogen-bond donors (Lipinski definition) is 1. The van der Waals surface area contributed by atoms with E-state index in [0.29, 0.717) is 40.9 Å². The number of halogens is 1. The predicted octanol–water partition coefficient (Wildman–Crippen LogP) is 4.89. The topological polar surface area (TPSA) is 60.9 Å². The average molecular weight is 363 g/mol. The van der Waals surface area contributed by atoms with Crippen molar-refractivity contribution >= 4 is 12.0 Å². The molecule has 0 fully saturated rings. The number of nitrogens with two attached hydrogens (primary N) is 1. The molecule has 2 aromatic rings. The first kappa shape index (κ1) is 19.8. The van der Waals surface area contributed by atoms with E-state index >= 15 is 0 Å². The van der Waals surface area contributed by atoms with E-state index in [9.17, 15) is 9.18 Å². The van der Waals surface area contributed by atoms with E-state index in [1.807, 2.05) is 13.0 Å². The molecular weight excluding hydrogens is 341 g/mol. The van der Waals surface area contributed by atoms with E-state index in [1.165, 1.54) is 16.9 Å². The lowest BCUT2D eigenvalue weighted by Crippen LogP contribution is -2.02. The van der Waals surface area contributed by atoms with Gasteiger partial charge < -0.3 is 5.73 Å². The minimum absolute atomic E-state index is 0.310. The van der Waals surface area contributed by atoms with Gasteiger partial charge in [-0.2, -0.15) is 5.10 Å². The number of nitrogens with zero attached hydrogens (tertiary/aromatic N) is 2. The van der Waals surface area contributed by atoms with Crippen molar-refractivity contribution in [1.82, 2.24) is 9.78 Å². The third kappa shape index (κ3) is 5.01. The van der Waals surface area contributed by atoms with E-state index in [0.717, 1.165) is 5.57 Å². The predicted molar refractivity (Wildman–Crippen MR) is 108 cm³/mol. The summed E-state index contributed by atoms with van der Waals surface area (Å²) in [6.07, 6.45) is 11.4. The van der Waals surface area contributed by atoms with Crippen molar-refractivity contribution < 1.29 is 9.18 Å². The number of hydrogen-bond acceptors (Lipinski definition) is 3. The molecule has 5 heteroatoms. The molecule has 2 rings (SSSR count). The standard InChI is InChI=1S/C22H22FN3O/c1-4-5-8-16(2)13-19(24)12-11-17(3)26-22(18(15-27)14-25-26)20-9-6-7-10-21(20)23/h4-12,14-15H,1-2,13,24H2,3H3/b8-5-,17-11+,19-12-. The first-order valence-electron chi connectivity index (χ1n) is 8.36. The molecule has 1 aromatic heterocycles. The smallest absolute Gasteiger partial charge is 0.153 e. The molecule has 0 radical (unpaired) electrons. The van der Waals surface area contributed by atoms with Crippen LogP contribution in [-0.2, 0) is 0 Å². The SMILES string of the molecule is C=C/C=C\C(=C)C/C(N)=C/C=C(\C)n1ncc(C=O)c1-c1ccccc1F. The fourth-order valence-corrected chi connectivity index (χ4v) is 2.52. The maximum absolute atomic E-state index is 14.2. The van der Waals surface area contributed by atoms with Gasteiger partial charge in [0.05, 0.1) is 17.5 Å². The van der Waals surface area contributed by atoms with Crippen molar-refractivity contribution in [3.63, 3.8) is 0 Å². The van der Waals surface area contributed by atoms with Crippen LogP contribution < -0.4 is 5.73 Å². The van der Waals surface area contributed by atoms with Gasteiger partial charge in [-0.15, -0.1) is 0 Å². The summed E-state index contributed by atoms with van der Waals surface area (Å²) in [4.78, 5) is 11.4. The molecule has 0 aliphatic rings. The molecule has 1 aromatic carbocycles. The van der Waals surface area contributed by atoms with Crippen LogP contribution >= 0.6 is 0 Å². The van der Waals surface area contributed by atoms with Crippen LogP contribution in [0.25, 0.3) is 17.0 Å². The third-order valence-electron chi connectivity index (χ3n) is 3.83. The number of aldehydes is 1. The lowest BCUT2D eigenvalue weighted by Gasteiger charge is -2.09. The zero-order valence-corrected chi connectivity index (χ0v) is 15.2. The number of rotatable bonds is 8. The van der Waals surface area contributed by atoms with Gasteiger partial charge in [0.15, 0.2) is 6.29 Å². The van der Waals surface area contributed by atoms with E-state index in [1.54, 1.807) is 42.5 Å². The highest BCUT2D eigenvalue weighted by Gasteiger charge is 2.16. The molecular formula is C22H22FN3O. The largest absolute Gasteiger partial charge is 0.402 e. The van der Waals surface area contributed by atoms with Crippen molar-refractivity contribution in [2.45, 2.75) is 13.3 Å². The van der Waals surface area contributed by atoms with Gasteiger partial charge in [0.2, 0.25) is 0 Å². The Morgan fingerprint density at radius 3 is 2.74 bits per heavy atom. The molecule has 27 heavy (non-hydrogen) atoms. The molecule has 0 atom stereocenters. The average Bonchev–Trinajstić information content (AvgIpc) is 3.08. The first-order chi connectivity index (χ1) is 13.0. The number of carbonyl (C=O) groups is 1. The van der Waals surface area contributed by atoms with Gasteiger partial charge in [-0.1, -0.05) is 43.5 Å². The highest BCUT2D eigenvalue weighted by atomic mass is 19.1. The molecule has 0 bridgehead atoms. The van der Waals surface area contributed by atoms with Gasteiger partial charge in [-0.3, -0.25) is 4.79 Å². The van der Waals surface area contributed by atoms with Crippen molar-refractivity contribution in [3.05, 3.63) is 96.7 Å². The summed E-state index contributed by atoms with van der Waals surface area (Å²) in [5.41, 5.74) is 9.21. The summed E-state index contributed by atoms with van der Waals surface area (Å²) in [7, 11) is 0. The summed E-state index contributed by atoms with van der Waals surface area (Å²) >= 11 is 0. The van der Waals surface area contributed by atoms with Gasteiger partial charge in [0.1, 0.15) is 5.82 Å². The number of benzene rings is 1. The number of carbonyl (C=O) groups excluding carboxylic acids is 1. The second-order valence-corrected chi connectivity index (χ2v) is 5.94. The maximum atomic E-state index is 14.2. The van der Waals surface area contributed by atoms with E-state index in [4.69, 9.17) is 5.73 Å². The van der Waals surface area contributed by atoms with Crippen molar-refractivity contribution in [3.8, 4) is 11.3 Å². The van der Waals surface area contributed by atoms with Crippen LogP contribution in [0.2, 0.25) is 0 Å². The summed E-state index contributed by atoms with van der Waals surface area (Å²) in [6, 6.07) is 6.27. The fourth-order valence-electron chi connectivity index (χ4n) is 2.52. The lowest BCUT2D eigenvalue weighted by molar-refractivity contribution is 0.112. The monoisotopic (exact) mass is 363 g/mol. The van der Waals surface area contributed by atoms with Crippen LogP contribution in [0.5, 0.6) is 0 Å². The molecule has 0 aliphatic carbocycles. The van der Waals surface area contributed by atoms with Crippen LogP contribution in [0.15, 0.2) is 85.3 Å². The third-order valence-corrected chi connectivity index (χ3v) is 3.83. The quantitative estimate of drug-likeness (QED) is 0.536. The molecule has 4 nitrogen and oxygen atoms in total. The van der Waals surface area contributed by atoms with Crippen LogP contribution in [-0.4, -0.2) is 16.1 Å². The van der Waals surface area contributed by atoms with Gasteiger partial charge in [0.25, 0.3) is 0 Å². The Labute approximate surface area is 158 Å². The Hall–Kier alpha value is -3.47. The van der Waals surface area contributed by atoms with Crippen molar-refractivity contribution in [2.24, 2.45) is 5.73 Å². The zero-order chi connectivity index (χ0) is 19.8. The van der Waals surface area contributed by atoms with Crippen LogP contribution in [0.1, 0.15) is 23.7 Å². The van der Waals surface area contributed by atoms with Gasteiger partial charge in [-0.05, 0) is 36.8 Å². The summed E-state index contributed by atoms with van der Waals surface area (Å²) in [5.74, 6) is -0.421. The number of aromatic nitrogens is 2. The molecule has 0 unspecified atom stereocenters. The summed E-state index contributed by atoms with van der Waals surface area (Å²) in [6.45, 7) is 9.34. The van der Waals surface area contributed by atoms with Crippen LogP contribution in [0.3, 0.4) is 0 Å². The Balaban J connectivity index is 2.35. The number of allylic oxidation sites excluding steroid dienone is 7. The molecule has 0 saturated heterocycles. The molecule has 0 aliphatic heterocycles. The van der Waals surface area contributed by atoms with Crippen molar-refractivity contribution in [2.75, 3.05) is 0 Å². The summed E-state index contributed by atoms with van der Waals surface area (Å²) in [5, 5.41) is 4.22. The van der Waals surface area contributed by atoms with Crippen LogP contribution in [0, 0.1) is 5.82 Å². The van der Waals surface area contributed by atoms with Crippen molar-refractivity contribution in [1.29, 1.82) is 0 Å². The molecule has 138 valence electrons. The molecule has 0 spiro atoms. The zero-order valence-electron chi connectivity index (χ0n) is 15.2. The second kappa shape index (κ2) is 9.29. The van der Waals surface area contributed by atoms with E-state index in [-0.39, 0.29) is 0 Å². The van der Waals surface area contributed by atoms with Gasteiger partial charge in [0, 0.05) is 23.4 Å². The first-order valence-corrected chi connectivity index (χ1v) is 8.36. The highest BCUT2D eigenvalue weighted by Crippen LogP contribution is 2.27. The summed E-state index contributed by atoms with van der Waals surface area (Å²) < 4.78 is 15.8. The Kier molecular flexibility index (Phi) is 6.83. The fraction of sp³-hybridized carbons (Fsp3) is 0.0909. The minimum atomic E-state index is -0.421. The highest BCUT2D eigenvalue weighted by molar-refractivity contribution is 5.87. The Morgan fingerprint density at radius 2 is 2.07 bits per heavy atom. The van der Waals surface area contributed by atoms with Gasteiger partial charge in [-0.25, -0.2) is 9.07 Å². The second-order valence-electron chi connectivity index (χ2n) is 5.94. The van der Waals surface area contributed by atoms with E-state index < -0.39 is 5.82 Å². The molecule has 1 heterocycles. The Bertz CT molecular complexity index is 948. The molecule has 0 amide bonds. The lowest BCUT2D eigenvalue weighted by atomic mass is 10.1. The molecule has 0 saturated carbocycles. The van der Waals surface area contributed by atoms with E-state index in [2.05, 4.69) is 18.3 Å². The van der Waals surface area contributed by atoms with Crippen LogP contribution in [0.4, 0.5) is 4.39 Å². The maximum Gasteiger partial charge on any atom is 0.153 e. The Morgan fingerprint density at radius 1 is 1.33 bits per heavy atom. The molecule has 2 N–H and O–H groups in total.